The van der Waals surface area contributed by atoms with Crippen molar-refractivity contribution in [1.29, 1.82) is 0 Å². The Balaban J connectivity index is 1.69. The fourth-order valence-corrected chi connectivity index (χ4v) is 4.45. The Morgan fingerprint density at radius 3 is 2.63 bits per heavy atom. The molecule has 1 aliphatic carbocycles. The molecule has 1 atom stereocenters. The first-order chi connectivity index (χ1) is 14.7. The van der Waals surface area contributed by atoms with E-state index in [4.69, 9.17) is 16.6 Å². The van der Waals surface area contributed by atoms with E-state index in [9.17, 15) is 0 Å². The Kier molecular flexibility index (Phi) is 9.26. The number of unbranched alkanes of at least 4 members (excludes halogenated alkanes) is 1. The topological polar surface area (TPSA) is 49.8 Å². The van der Waals surface area contributed by atoms with E-state index in [2.05, 4.69) is 35.5 Å². The van der Waals surface area contributed by atoms with Gasteiger partial charge < -0.3 is 10.6 Å². The standard InChI is InChI=1S/C25H37ClN4/c1-3-5-13-20(4-2)29-25-16-21(22(26)18-28-25)23-14-10-15-24(30-23)27-17-19-11-8-6-7-9-12-19/h10,14-16,18-20H,3-9,11-13,17H2,1-2H3,(H,27,30)(H,28,29). The van der Waals surface area contributed by atoms with Gasteiger partial charge in [0.25, 0.3) is 0 Å². The Labute approximate surface area is 187 Å². The number of hydrogen-bond acceptors (Lipinski definition) is 4. The van der Waals surface area contributed by atoms with Gasteiger partial charge in [-0.05, 0) is 49.8 Å². The first-order valence-corrected chi connectivity index (χ1v) is 12.2. The molecule has 1 unspecified atom stereocenters. The highest BCUT2D eigenvalue weighted by Gasteiger charge is 2.14. The van der Waals surface area contributed by atoms with E-state index in [1.807, 2.05) is 18.2 Å². The normalized spacial score (nSPS) is 16.1. The number of hydrogen-bond donors (Lipinski definition) is 2. The third-order valence-corrected chi connectivity index (χ3v) is 6.48. The average Bonchev–Trinajstić information content (AvgIpc) is 3.05. The molecule has 2 aromatic heterocycles. The average molecular weight is 429 g/mol. The number of halogens is 1. The quantitative estimate of drug-likeness (QED) is 0.383. The zero-order chi connectivity index (χ0) is 21.2. The summed E-state index contributed by atoms with van der Waals surface area (Å²) < 4.78 is 0. The fraction of sp³-hybridized carbons (Fsp3) is 0.600. The molecule has 2 heterocycles. The van der Waals surface area contributed by atoms with Gasteiger partial charge in [0.15, 0.2) is 0 Å². The molecule has 1 aliphatic rings. The summed E-state index contributed by atoms with van der Waals surface area (Å²) in [5.41, 5.74) is 1.82. The zero-order valence-electron chi connectivity index (χ0n) is 18.6. The molecule has 3 rings (SSSR count). The van der Waals surface area contributed by atoms with Crippen molar-refractivity contribution in [2.24, 2.45) is 5.92 Å². The van der Waals surface area contributed by atoms with E-state index >= 15 is 0 Å². The second kappa shape index (κ2) is 12.1. The van der Waals surface area contributed by atoms with Crippen molar-refractivity contribution in [3.63, 3.8) is 0 Å². The summed E-state index contributed by atoms with van der Waals surface area (Å²) >= 11 is 6.50. The SMILES string of the molecule is CCCCC(CC)Nc1cc(-c2cccc(NCC3CCCCCC3)n2)c(Cl)cn1. The van der Waals surface area contributed by atoms with Crippen LogP contribution in [0.15, 0.2) is 30.5 Å². The molecule has 4 nitrogen and oxygen atoms in total. The molecule has 0 aliphatic heterocycles. The lowest BCUT2D eigenvalue weighted by Gasteiger charge is -2.18. The highest BCUT2D eigenvalue weighted by atomic mass is 35.5. The number of nitrogens with one attached hydrogen (secondary N) is 2. The number of anilines is 2. The summed E-state index contributed by atoms with van der Waals surface area (Å²) in [5.74, 6) is 2.55. The van der Waals surface area contributed by atoms with E-state index in [1.54, 1.807) is 6.20 Å². The number of aromatic nitrogens is 2. The van der Waals surface area contributed by atoms with Gasteiger partial charge >= 0.3 is 0 Å². The van der Waals surface area contributed by atoms with Gasteiger partial charge in [-0.1, -0.05) is 70.0 Å². The molecule has 0 saturated heterocycles. The Hall–Kier alpha value is -1.81. The summed E-state index contributed by atoms with van der Waals surface area (Å²) in [5, 5.41) is 7.78. The minimum absolute atomic E-state index is 0.437. The summed E-state index contributed by atoms with van der Waals surface area (Å²) in [4.78, 5) is 9.35. The predicted molar refractivity (Wildman–Crippen MR) is 129 cm³/mol. The first-order valence-electron chi connectivity index (χ1n) is 11.8. The van der Waals surface area contributed by atoms with Crippen molar-refractivity contribution in [2.45, 2.75) is 84.1 Å². The first kappa shape index (κ1) is 22.9. The molecule has 0 bridgehead atoms. The largest absolute Gasteiger partial charge is 0.370 e. The van der Waals surface area contributed by atoms with E-state index in [1.165, 1.54) is 51.4 Å². The summed E-state index contributed by atoms with van der Waals surface area (Å²) in [6.45, 7) is 5.45. The van der Waals surface area contributed by atoms with Crippen LogP contribution in [0, 0.1) is 5.92 Å². The Morgan fingerprint density at radius 1 is 1.10 bits per heavy atom. The van der Waals surface area contributed by atoms with Crippen molar-refractivity contribution in [2.75, 3.05) is 17.2 Å². The van der Waals surface area contributed by atoms with E-state index in [0.717, 1.165) is 48.2 Å². The number of rotatable bonds is 10. The van der Waals surface area contributed by atoms with Crippen LogP contribution in [0.25, 0.3) is 11.3 Å². The van der Waals surface area contributed by atoms with Gasteiger partial charge in [-0.3, -0.25) is 0 Å². The highest BCUT2D eigenvalue weighted by molar-refractivity contribution is 6.33. The maximum Gasteiger partial charge on any atom is 0.126 e. The van der Waals surface area contributed by atoms with Crippen LogP contribution in [0.4, 0.5) is 11.6 Å². The molecule has 0 radical (unpaired) electrons. The molecule has 0 amide bonds. The molecule has 1 saturated carbocycles. The maximum absolute atomic E-state index is 6.50. The Morgan fingerprint density at radius 2 is 1.90 bits per heavy atom. The van der Waals surface area contributed by atoms with Crippen LogP contribution in [0.5, 0.6) is 0 Å². The van der Waals surface area contributed by atoms with Gasteiger partial charge in [-0.25, -0.2) is 9.97 Å². The number of nitrogens with zero attached hydrogens (tertiary/aromatic N) is 2. The summed E-state index contributed by atoms with van der Waals surface area (Å²) in [7, 11) is 0. The number of pyridine rings is 2. The minimum Gasteiger partial charge on any atom is -0.370 e. The molecule has 0 aromatic carbocycles. The molecule has 164 valence electrons. The third kappa shape index (κ3) is 6.87. The summed E-state index contributed by atoms with van der Waals surface area (Å²) in [6.07, 6.45) is 14.6. The zero-order valence-corrected chi connectivity index (χ0v) is 19.3. The lowest BCUT2D eigenvalue weighted by molar-refractivity contribution is 0.483. The molecule has 1 fully saturated rings. The molecule has 2 N–H and O–H groups in total. The van der Waals surface area contributed by atoms with Gasteiger partial charge in [0.05, 0.1) is 10.7 Å². The van der Waals surface area contributed by atoms with Gasteiger partial charge in [0.1, 0.15) is 11.6 Å². The van der Waals surface area contributed by atoms with E-state index in [0.29, 0.717) is 11.1 Å². The molecule has 30 heavy (non-hydrogen) atoms. The van der Waals surface area contributed by atoms with Gasteiger partial charge in [0.2, 0.25) is 0 Å². The van der Waals surface area contributed by atoms with Crippen LogP contribution >= 0.6 is 11.6 Å². The lowest BCUT2D eigenvalue weighted by Crippen LogP contribution is -2.19. The second-order valence-corrected chi connectivity index (χ2v) is 8.99. The minimum atomic E-state index is 0.437. The smallest absolute Gasteiger partial charge is 0.126 e. The van der Waals surface area contributed by atoms with E-state index < -0.39 is 0 Å². The lowest BCUT2D eigenvalue weighted by atomic mass is 10.0. The summed E-state index contributed by atoms with van der Waals surface area (Å²) in [6, 6.07) is 8.60. The van der Waals surface area contributed by atoms with Crippen molar-refractivity contribution in [3.8, 4) is 11.3 Å². The Bertz CT molecular complexity index is 771. The second-order valence-electron chi connectivity index (χ2n) is 8.59. The monoisotopic (exact) mass is 428 g/mol. The van der Waals surface area contributed by atoms with Crippen LogP contribution in [0.2, 0.25) is 5.02 Å². The molecule has 5 heteroatoms. The van der Waals surface area contributed by atoms with Crippen molar-refractivity contribution < 1.29 is 0 Å². The highest BCUT2D eigenvalue weighted by Crippen LogP contribution is 2.30. The van der Waals surface area contributed by atoms with Crippen LogP contribution in [-0.2, 0) is 0 Å². The van der Waals surface area contributed by atoms with Gasteiger partial charge in [-0.15, -0.1) is 0 Å². The van der Waals surface area contributed by atoms with Crippen molar-refractivity contribution >= 4 is 23.2 Å². The predicted octanol–water partition coefficient (Wildman–Crippen LogP) is 7.56. The van der Waals surface area contributed by atoms with Gasteiger partial charge in [-0.2, -0.15) is 0 Å². The maximum atomic E-state index is 6.50. The van der Waals surface area contributed by atoms with Crippen LogP contribution in [-0.4, -0.2) is 22.6 Å². The van der Waals surface area contributed by atoms with Crippen LogP contribution in [0.3, 0.4) is 0 Å². The molecule has 2 aromatic rings. The van der Waals surface area contributed by atoms with Gasteiger partial charge in [0, 0.05) is 24.3 Å². The van der Waals surface area contributed by atoms with E-state index in [-0.39, 0.29) is 0 Å². The molecular weight excluding hydrogens is 392 g/mol. The molecular formula is C25H37ClN4. The van der Waals surface area contributed by atoms with Crippen LogP contribution in [0.1, 0.15) is 78.1 Å². The molecule has 0 spiro atoms. The van der Waals surface area contributed by atoms with Crippen molar-refractivity contribution in [3.05, 3.63) is 35.5 Å². The third-order valence-electron chi connectivity index (χ3n) is 6.18. The van der Waals surface area contributed by atoms with Crippen LogP contribution < -0.4 is 10.6 Å². The fourth-order valence-electron chi connectivity index (χ4n) is 4.25. The van der Waals surface area contributed by atoms with Crippen molar-refractivity contribution in [1.82, 2.24) is 9.97 Å².